The van der Waals surface area contributed by atoms with Crippen LogP contribution in [-0.2, 0) is 9.59 Å². The van der Waals surface area contributed by atoms with E-state index in [1.807, 2.05) is 36.9 Å². The lowest BCUT2D eigenvalue weighted by atomic mass is 10.1. The highest BCUT2D eigenvalue weighted by Gasteiger charge is 2.22. The molecule has 154 valence electrons. The van der Waals surface area contributed by atoms with Gasteiger partial charge in [0, 0.05) is 57.4 Å². The fourth-order valence-electron chi connectivity index (χ4n) is 3.59. The van der Waals surface area contributed by atoms with E-state index in [2.05, 4.69) is 4.90 Å². The zero-order chi connectivity index (χ0) is 21.0. The summed E-state index contributed by atoms with van der Waals surface area (Å²) in [6.07, 6.45) is 0.295. The number of piperazine rings is 1. The molecule has 2 aromatic rings. The zero-order valence-electron chi connectivity index (χ0n) is 17.3. The Balaban J connectivity index is 1.55. The summed E-state index contributed by atoms with van der Waals surface area (Å²) in [6, 6.07) is 12.4. The number of rotatable bonds is 5. The standard InChI is InChI=1S/C23H28FN3O2/c1-17-4-7-22(16-18(17)2)27(19(3)28)11-10-23(29)26-14-12-25(13-15-26)21-8-5-20(24)6-9-21/h4-9,16H,10-15H2,1-3H3. The van der Waals surface area contributed by atoms with E-state index in [1.54, 1.807) is 17.0 Å². The Morgan fingerprint density at radius 3 is 2.21 bits per heavy atom. The molecule has 29 heavy (non-hydrogen) atoms. The maximum Gasteiger partial charge on any atom is 0.224 e. The predicted molar refractivity (Wildman–Crippen MR) is 114 cm³/mol. The molecule has 1 fully saturated rings. The average Bonchev–Trinajstić information content (AvgIpc) is 2.71. The van der Waals surface area contributed by atoms with Crippen LogP contribution < -0.4 is 9.80 Å². The number of carbonyl (C=O) groups is 2. The van der Waals surface area contributed by atoms with Crippen molar-refractivity contribution >= 4 is 23.2 Å². The Kier molecular flexibility index (Phi) is 6.52. The molecular formula is C23H28FN3O2. The molecule has 0 unspecified atom stereocenters. The third-order valence-electron chi connectivity index (χ3n) is 5.56. The number of carbonyl (C=O) groups excluding carboxylic acids is 2. The highest BCUT2D eigenvalue weighted by molar-refractivity contribution is 5.92. The first-order valence-corrected chi connectivity index (χ1v) is 9.99. The number of hydrogen-bond acceptors (Lipinski definition) is 3. The van der Waals surface area contributed by atoms with Crippen LogP contribution in [0.3, 0.4) is 0 Å². The number of hydrogen-bond donors (Lipinski definition) is 0. The number of nitrogens with zero attached hydrogens (tertiary/aromatic N) is 3. The Morgan fingerprint density at radius 1 is 0.966 bits per heavy atom. The van der Waals surface area contributed by atoms with Crippen LogP contribution in [-0.4, -0.2) is 49.4 Å². The van der Waals surface area contributed by atoms with Gasteiger partial charge in [0.05, 0.1) is 0 Å². The number of aryl methyl sites for hydroxylation is 2. The summed E-state index contributed by atoms with van der Waals surface area (Å²) < 4.78 is 13.1. The van der Waals surface area contributed by atoms with Crippen molar-refractivity contribution in [3.63, 3.8) is 0 Å². The summed E-state index contributed by atoms with van der Waals surface area (Å²) in [5.74, 6) is -0.262. The predicted octanol–water partition coefficient (Wildman–Crippen LogP) is 3.53. The molecule has 1 saturated heterocycles. The molecule has 0 aromatic heterocycles. The molecule has 1 heterocycles. The third kappa shape index (κ3) is 5.13. The van der Waals surface area contributed by atoms with Gasteiger partial charge in [-0.05, 0) is 61.4 Å². The summed E-state index contributed by atoms with van der Waals surface area (Å²) in [6.45, 7) is 8.63. The summed E-state index contributed by atoms with van der Waals surface area (Å²) in [7, 11) is 0. The van der Waals surface area contributed by atoms with Crippen LogP contribution in [0.1, 0.15) is 24.5 Å². The molecule has 0 atom stereocenters. The lowest BCUT2D eigenvalue weighted by Crippen LogP contribution is -2.49. The SMILES string of the molecule is CC(=O)N(CCC(=O)N1CCN(c2ccc(F)cc2)CC1)c1ccc(C)c(C)c1. The van der Waals surface area contributed by atoms with Gasteiger partial charge in [-0.2, -0.15) is 0 Å². The highest BCUT2D eigenvalue weighted by atomic mass is 19.1. The van der Waals surface area contributed by atoms with Crippen LogP contribution in [0, 0.1) is 19.7 Å². The molecule has 0 saturated carbocycles. The highest BCUT2D eigenvalue weighted by Crippen LogP contribution is 2.20. The minimum Gasteiger partial charge on any atom is -0.368 e. The molecule has 1 aliphatic rings. The van der Waals surface area contributed by atoms with Crippen LogP contribution in [0.2, 0.25) is 0 Å². The van der Waals surface area contributed by atoms with Crippen molar-refractivity contribution in [2.75, 3.05) is 42.5 Å². The monoisotopic (exact) mass is 397 g/mol. The van der Waals surface area contributed by atoms with Crippen molar-refractivity contribution in [2.24, 2.45) is 0 Å². The number of amides is 2. The second-order valence-corrected chi connectivity index (χ2v) is 7.53. The topological polar surface area (TPSA) is 43.9 Å². The van der Waals surface area contributed by atoms with Gasteiger partial charge in [-0.1, -0.05) is 6.07 Å². The molecule has 2 amide bonds. The second kappa shape index (κ2) is 9.07. The largest absolute Gasteiger partial charge is 0.368 e. The van der Waals surface area contributed by atoms with Crippen molar-refractivity contribution in [2.45, 2.75) is 27.2 Å². The van der Waals surface area contributed by atoms with E-state index in [0.29, 0.717) is 39.1 Å². The van der Waals surface area contributed by atoms with Crippen LogP contribution in [0.4, 0.5) is 15.8 Å². The van der Waals surface area contributed by atoms with Crippen molar-refractivity contribution in [1.29, 1.82) is 0 Å². The van der Waals surface area contributed by atoms with E-state index in [0.717, 1.165) is 16.9 Å². The summed E-state index contributed by atoms with van der Waals surface area (Å²) >= 11 is 0. The molecule has 5 nitrogen and oxygen atoms in total. The molecule has 0 aliphatic carbocycles. The van der Waals surface area contributed by atoms with Crippen LogP contribution in [0.15, 0.2) is 42.5 Å². The van der Waals surface area contributed by atoms with E-state index in [1.165, 1.54) is 24.6 Å². The molecule has 2 aromatic carbocycles. The minimum atomic E-state index is -0.249. The lowest BCUT2D eigenvalue weighted by molar-refractivity contribution is -0.131. The van der Waals surface area contributed by atoms with Crippen molar-refractivity contribution in [3.8, 4) is 0 Å². The van der Waals surface area contributed by atoms with Gasteiger partial charge >= 0.3 is 0 Å². The Morgan fingerprint density at radius 2 is 1.62 bits per heavy atom. The van der Waals surface area contributed by atoms with Crippen LogP contribution in [0.25, 0.3) is 0 Å². The van der Waals surface area contributed by atoms with E-state index >= 15 is 0 Å². The maximum atomic E-state index is 13.1. The van der Waals surface area contributed by atoms with Gasteiger partial charge in [0.25, 0.3) is 0 Å². The quantitative estimate of drug-likeness (QED) is 0.775. The lowest BCUT2D eigenvalue weighted by Gasteiger charge is -2.36. The molecule has 0 radical (unpaired) electrons. The smallest absolute Gasteiger partial charge is 0.224 e. The second-order valence-electron chi connectivity index (χ2n) is 7.53. The number of benzene rings is 2. The number of anilines is 2. The molecule has 3 rings (SSSR count). The van der Waals surface area contributed by atoms with Gasteiger partial charge in [-0.15, -0.1) is 0 Å². The Bertz CT molecular complexity index is 874. The number of halogens is 1. The van der Waals surface area contributed by atoms with Gasteiger partial charge < -0.3 is 14.7 Å². The van der Waals surface area contributed by atoms with Crippen LogP contribution >= 0.6 is 0 Å². The first-order valence-electron chi connectivity index (χ1n) is 9.99. The summed E-state index contributed by atoms with van der Waals surface area (Å²) in [5, 5.41) is 0. The van der Waals surface area contributed by atoms with E-state index < -0.39 is 0 Å². The van der Waals surface area contributed by atoms with Crippen molar-refractivity contribution in [3.05, 3.63) is 59.4 Å². The van der Waals surface area contributed by atoms with E-state index in [-0.39, 0.29) is 17.6 Å². The fourth-order valence-corrected chi connectivity index (χ4v) is 3.59. The van der Waals surface area contributed by atoms with Gasteiger partial charge in [0.15, 0.2) is 0 Å². The average molecular weight is 397 g/mol. The van der Waals surface area contributed by atoms with Crippen molar-refractivity contribution in [1.82, 2.24) is 4.90 Å². The molecular weight excluding hydrogens is 369 g/mol. The Labute approximate surface area is 171 Å². The maximum absolute atomic E-state index is 13.1. The van der Waals surface area contributed by atoms with E-state index in [9.17, 15) is 14.0 Å². The first kappa shape index (κ1) is 20.8. The summed E-state index contributed by atoms with van der Waals surface area (Å²) in [5.41, 5.74) is 4.09. The van der Waals surface area contributed by atoms with Gasteiger partial charge in [-0.3, -0.25) is 9.59 Å². The van der Waals surface area contributed by atoms with Crippen molar-refractivity contribution < 1.29 is 14.0 Å². The summed E-state index contributed by atoms with van der Waals surface area (Å²) in [4.78, 5) is 30.5. The van der Waals surface area contributed by atoms with Crippen LogP contribution in [0.5, 0.6) is 0 Å². The fraction of sp³-hybridized carbons (Fsp3) is 0.391. The van der Waals surface area contributed by atoms with Gasteiger partial charge in [-0.25, -0.2) is 4.39 Å². The molecule has 6 heteroatoms. The van der Waals surface area contributed by atoms with Gasteiger partial charge in [0.2, 0.25) is 11.8 Å². The van der Waals surface area contributed by atoms with E-state index in [4.69, 9.17) is 0 Å². The Hall–Kier alpha value is -2.89. The first-order chi connectivity index (χ1) is 13.8. The third-order valence-corrected chi connectivity index (χ3v) is 5.56. The van der Waals surface area contributed by atoms with Gasteiger partial charge in [0.1, 0.15) is 5.82 Å². The zero-order valence-corrected chi connectivity index (χ0v) is 17.3. The molecule has 0 bridgehead atoms. The molecule has 0 N–H and O–H groups in total. The molecule has 0 spiro atoms. The normalized spacial score (nSPS) is 14.1. The molecule has 1 aliphatic heterocycles. The minimum absolute atomic E-state index is 0.0545.